The number of nitrogens with zero attached hydrogens (tertiary/aromatic N) is 1. The maximum Gasteiger partial charge on any atom is 0.341 e. The van der Waals surface area contributed by atoms with Gasteiger partial charge in [-0.25, -0.2) is 9.18 Å². The van der Waals surface area contributed by atoms with Crippen LogP contribution < -0.4 is 4.74 Å². The normalized spacial score (nSPS) is 10.1. The van der Waals surface area contributed by atoms with E-state index < -0.39 is 11.8 Å². The molecule has 0 aliphatic heterocycles. The molecule has 1 aromatic heterocycles. The van der Waals surface area contributed by atoms with E-state index in [0.29, 0.717) is 0 Å². The van der Waals surface area contributed by atoms with Crippen molar-refractivity contribution in [1.29, 1.82) is 0 Å². The average Bonchev–Trinajstić information content (AvgIpc) is 2.34. The number of aromatic nitrogens is 1. The molecule has 4 nitrogen and oxygen atoms in total. The lowest BCUT2D eigenvalue weighted by Gasteiger charge is -2.08. The van der Waals surface area contributed by atoms with Gasteiger partial charge in [0.1, 0.15) is 22.9 Å². The second kappa shape index (κ2) is 5.01. The van der Waals surface area contributed by atoms with Gasteiger partial charge in [-0.3, -0.25) is 4.98 Å². The van der Waals surface area contributed by atoms with E-state index in [1.54, 1.807) is 0 Å². The van der Waals surface area contributed by atoms with Crippen molar-refractivity contribution in [2.24, 2.45) is 0 Å². The standard InChI is InChI=1S/C12H7ClFNO3/c13-9-5-7(1-2-10(9)14)18-11-3-4-15-6-8(11)12(16)17/h1-6H,(H,16,17). The lowest BCUT2D eigenvalue weighted by atomic mass is 10.2. The second-order valence-corrected chi connectivity index (χ2v) is 3.76. The lowest BCUT2D eigenvalue weighted by molar-refractivity contribution is 0.0693. The zero-order valence-corrected chi connectivity index (χ0v) is 9.69. The van der Waals surface area contributed by atoms with E-state index >= 15 is 0 Å². The summed E-state index contributed by atoms with van der Waals surface area (Å²) in [4.78, 5) is 14.6. The van der Waals surface area contributed by atoms with Gasteiger partial charge in [-0.15, -0.1) is 0 Å². The fourth-order valence-corrected chi connectivity index (χ4v) is 1.47. The molecule has 0 aliphatic carbocycles. The summed E-state index contributed by atoms with van der Waals surface area (Å²) < 4.78 is 18.3. The molecule has 0 amide bonds. The van der Waals surface area contributed by atoms with Crippen LogP contribution in [0.25, 0.3) is 0 Å². The molecule has 92 valence electrons. The summed E-state index contributed by atoms with van der Waals surface area (Å²) in [6.45, 7) is 0. The van der Waals surface area contributed by atoms with Crippen LogP contribution in [0.5, 0.6) is 11.5 Å². The highest BCUT2D eigenvalue weighted by Gasteiger charge is 2.12. The van der Waals surface area contributed by atoms with E-state index in [4.69, 9.17) is 21.4 Å². The van der Waals surface area contributed by atoms with Gasteiger partial charge in [-0.2, -0.15) is 0 Å². The van der Waals surface area contributed by atoms with E-state index in [9.17, 15) is 9.18 Å². The van der Waals surface area contributed by atoms with Gasteiger partial charge >= 0.3 is 5.97 Å². The highest BCUT2D eigenvalue weighted by molar-refractivity contribution is 6.30. The molecule has 18 heavy (non-hydrogen) atoms. The Balaban J connectivity index is 2.34. The molecular formula is C12H7ClFNO3. The molecule has 1 aromatic carbocycles. The van der Waals surface area contributed by atoms with Gasteiger partial charge < -0.3 is 9.84 Å². The van der Waals surface area contributed by atoms with Crippen LogP contribution in [-0.2, 0) is 0 Å². The van der Waals surface area contributed by atoms with Crippen LogP contribution in [0.4, 0.5) is 4.39 Å². The minimum absolute atomic E-state index is 0.0852. The number of pyridine rings is 1. The van der Waals surface area contributed by atoms with Gasteiger partial charge in [0, 0.05) is 24.5 Å². The molecule has 6 heteroatoms. The van der Waals surface area contributed by atoms with E-state index in [0.717, 1.165) is 6.07 Å². The Kier molecular flexibility index (Phi) is 3.43. The fourth-order valence-electron chi connectivity index (χ4n) is 1.30. The van der Waals surface area contributed by atoms with Gasteiger partial charge in [-0.1, -0.05) is 11.6 Å². The maximum atomic E-state index is 13.0. The van der Waals surface area contributed by atoms with Gasteiger partial charge in [0.2, 0.25) is 0 Å². The topological polar surface area (TPSA) is 59.4 Å². The van der Waals surface area contributed by atoms with Crippen molar-refractivity contribution >= 4 is 17.6 Å². The molecule has 0 spiro atoms. The average molecular weight is 268 g/mol. The van der Waals surface area contributed by atoms with Crippen molar-refractivity contribution in [3.8, 4) is 11.5 Å². The summed E-state index contributed by atoms with van der Waals surface area (Å²) in [5.74, 6) is -1.38. The van der Waals surface area contributed by atoms with E-state index in [1.165, 1.54) is 30.6 Å². The number of benzene rings is 1. The molecule has 0 bridgehead atoms. The quantitative estimate of drug-likeness (QED) is 0.926. The molecular weight excluding hydrogens is 261 g/mol. The summed E-state index contributed by atoms with van der Waals surface area (Å²) in [5.41, 5.74) is -0.0852. The van der Waals surface area contributed by atoms with E-state index in [-0.39, 0.29) is 22.1 Å². The van der Waals surface area contributed by atoms with Crippen molar-refractivity contribution in [2.75, 3.05) is 0 Å². The summed E-state index contributed by atoms with van der Waals surface area (Å²) in [5, 5.41) is 8.84. The van der Waals surface area contributed by atoms with Crippen LogP contribution in [0, 0.1) is 5.82 Å². The third-order valence-corrected chi connectivity index (χ3v) is 2.42. The summed E-state index contributed by atoms with van der Waals surface area (Å²) >= 11 is 5.60. The number of hydrogen-bond donors (Lipinski definition) is 1. The first-order chi connectivity index (χ1) is 8.58. The van der Waals surface area contributed by atoms with E-state index in [2.05, 4.69) is 4.98 Å². The largest absolute Gasteiger partial charge is 0.477 e. The number of hydrogen-bond acceptors (Lipinski definition) is 3. The molecule has 0 radical (unpaired) electrons. The Bertz CT molecular complexity index is 604. The van der Waals surface area contributed by atoms with Gasteiger partial charge in [0.25, 0.3) is 0 Å². The zero-order valence-electron chi connectivity index (χ0n) is 8.93. The first-order valence-corrected chi connectivity index (χ1v) is 5.26. The van der Waals surface area contributed by atoms with Gasteiger partial charge in [0.15, 0.2) is 0 Å². The fraction of sp³-hybridized carbons (Fsp3) is 0. The maximum absolute atomic E-state index is 13.0. The van der Waals surface area contributed by atoms with Crippen LogP contribution >= 0.6 is 11.6 Å². The highest BCUT2D eigenvalue weighted by atomic mass is 35.5. The minimum Gasteiger partial charge on any atom is -0.477 e. The number of carboxylic acids is 1. The minimum atomic E-state index is -1.16. The SMILES string of the molecule is O=C(O)c1cnccc1Oc1ccc(F)c(Cl)c1. The first kappa shape index (κ1) is 12.3. The first-order valence-electron chi connectivity index (χ1n) is 4.88. The lowest BCUT2D eigenvalue weighted by Crippen LogP contribution is -2.00. The molecule has 0 fully saturated rings. The number of ether oxygens (including phenoxy) is 1. The molecule has 0 saturated heterocycles. The number of halogens is 2. The molecule has 2 aromatic rings. The van der Waals surface area contributed by atoms with Crippen molar-refractivity contribution in [3.63, 3.8) is 0 Å². The number of carbonyl (C=O) groups is 1. The predicted octanol–water partition coefficient (Wildman–Crippen LogP) is 3.36. The van der Waals surface area contributed by atoms with Crippen molar-refractivity contribution in [2.45, 2.75) is 0 Å². The van der Waals surface area contributed by atoms with Crippen LogP contribution in [-0.4, -0.2) is 16.1 Å². The molecule has 0 aliphatic rings. The predicted molar refractivity (Wildman–Crippen MR) is 62.7 cm³/mol. The zero-order chi connectivity index (χ0) is 13.1. The molecule has 0 atom stereocenters. The Hall–Kier alpha value is -2.14. The Morgan fingerprint density at radius 3 is 2.83 bits per heavy atom. The Labute approximate surface area is 107 Å². The molecule has 0 saturated carbocycles. The van der Waals surface area contributed by atoms with Gasteiger partial charge in [-0.05, 0) is 12.1 Å². The molecule has 0 unspecified atom stereocenters. The van der Waals surface area contributed by atoms with Crippen LogP contribution in [0.15, 0.2) is 36.7 Å². The Morgan fingerprint density at radius 2 is 2.17 bits per heavy atom. The van der Waals surface area contributed by atoms with E-state index in [1.807, 2.05) is 0 Å². The highest BCUT2D eigenvalue weighted by Crippen LogP contribution is 2.27. The number of rotatable bonds is 3. The van der Waals surface area contributed by atoms with Crippen LogP contribution in [0.2, 0.25) is 5.02 Å². The van der Waals surface area contributed by atoms with Crippen molar-refractivity contribution in [1.82, 2.24) is 4.98 Å². The molecule has 2 rings (SSSR count). The summed E-state index contributed by atoms with van der Waals surface area (Å²) in [6.07, 6.45) is 2.57. The van der Waals surface area contributed by atoms with Crippen molar-refractivity contribution < 1.29 is 19.0 Å². The smallest absolute Gasteiger partial charge is 0.341 e. The van der Waals surface area contributed by atoms with Crippen LogP contribution in [0.3, 0.4) is 0 Å². The molecule has 1 N–H and O–H groups in total. The monoisotopic (exact) mass is 267 g/mol. The van der Waals surface area contributed by atoms with Crippen molar-refractivity contribution in [3.05, 3.63) is 53.1 Å². The molecule has 1 heterocycles. The summed E-state index contributed by atoms with van der Waals surface area (Å²) in [6, 6.07) is 5.16. The number of aromatic carboxylic acids is 1. The third-order valence-electron chi connectivity index (χ3n) is 2.13. The Morgan fingerprint density at radius 1 is 1.39 bits per heavy atom. The third kappa shape index (κ3) is 2.57. The summed E-state index contributed by atoms with van der Waals surface area (Å²) in [7, 11) is 0. The van der Waals surface area contributed by atoms with Gasteiger partial charge in [0.05, 0.1) is 5.02 Å². The number of carboxylic acid groups (broad SMARTS) is 1. The van der Waals surface area contributed by atoms with Crippen LogP contribution in [0.1, 0.15) is 10.4 Å². The second-order valence-electron chi connectivity index (χ2n) is 3.35.